The Labute approximate surface area is 122 Å². The summed E-state index contributed by atoms with van der Waals surface area (Å²) in [6.07, 6.45) is 2.44. The zero-order valence-corrected chi connectivity index (χ0v) is 12.6. The van der Waals surface area contributed by atoms with Crippen molar-refractivity contribution in [1.29, 1.82) is 0 Å². The molecule has 112 valence electrons. The first-order chi connectivity index (χ1) is 9.67. The molecule has 1 aromatic rings. The number of carbonyl (C=O) groups is 1. The lowest BCUT2D eigenvalue weighted by atomic mass is 10.0. The van der Waals surface area contributed by atoms with Gasteiger partial charge in [0, 0.05) is 32.2 Å². The average Bonchev–Trinajstić information content (AvgIpc) is 2.49. The summed E-state index contributed by atoms with van der Waals surface area (Å²) in [5.74, 6) is 0.423. The second-order valence-electron chi connectivity index (χ2n) is 5.17. The molecule has 4 heteroatoms. The van der Waals surface area contributed by atoms with Crippen LogP contribution in [-0.4, -0.2) is 32.6 Å². The van der Waals surface area contributed by atoms with Crippen molar-refractivity contribution in [3.8, 4) is 0 Å². The number of nitrogens with two attached hydrogens (primary N) is 1. The van der Waals surface area contributed by atoms with Gasteiger partial charge in [-0.05, 0) is 31.0 Å². The minimum absolute atomic E-state index is 0.115. The first-order valence-corrected chi connectivity index (χ1v) is 7.40. The normalized spacial score (nSPS) is 11.9. The summed E-state index contributed by atoms with van der Waals surface area (Å²) in [5, 5.41) is 2.97. The quantitative estimate of drug-likeness (QED) is 0.679. The molecule has 1 atom stereocenters. The maximum atomic E-state index is 11.7. The number of benzene rings is 1. The molecule has 4 nitrogen and oxygen atoms in total. The number of carbonyl (C=O) groups excluding carboxylic acids is 1. The van der Waals surface area contributed by atoms with Crippen LogP contribution in [0.4, 0.5) is 5.69 Å². The minimum atomic E-state index is 0.115. The maximum absolute atomic E-state index is 11.7. The highest BCUT2D eigenvalue weighted by molar-refractivity contribution is 5.76. The number of amides is 1. The zero-order chi connectivity index (χ0) is 14.8. The third kappa shape index (κ3) is 6.06. The van der Waals surface area contributed by atoms with Crippen LogP contribution in [0.3, 0.4) is 0 Å². The van der Waals surface area contributed by atoms with Gasteiger partial charge in [-0.25, -0.2) is 0 Å². The van der Waals surface area contributed by atoms with Crippen molar-refractivity contribution < 1.29 is 4.79 Å². The molecule has 0 aliphatic carbocycles. The fraction of sp³-hybridized carbons (Fsp3) is 0.562. The van der Waals surface area contributed by atoms with Crippen LogP contribution in [0.2, 0.25) is 0 Å². The van der Waals surface area contributed by atoms with Gasteiger partial charge < -0.3 is 16.0 Å². The molecule has 3 N–H and O–H groups in total. The number of rotatable bonds is 9. The number of hydrogen-bond donors (Lipinski definition) is 2. The average molecular weight is 277 g/mol. The maximum Gasteiger partial charge on any atom is 0.220 e. The molecule has 0 saturated carbocycles. The summed E-state index contributed by atoms with van der Waals surface area (Å²) in [6.45, 7) is 4.30. The minimum Gasteiger partial charge on any atom is -0.375 e. The first-order valence-electron chi connectivity index (χ1n) is 7.40. The zero-order valence-electron chi connectivity index (χ0n) is 12.6. The second kappa shape index (κ2) is 9.37. The molecular weight excluding hydrogens is 250 g/mol. The van der Waals surface area contributed by atoms with E-state index in [4.69, 9.17) is 5.73 Å². The highest BCUT2D eigenvalue weighted by atomic mass is 16.1. The van der Waals surface area contributed by atoms with Crippen LogP contribution < -0.4 is 16.0 Å². The summed E-state index contributed by atoms with van der Waals surface area (Å²) in [6, 6.07) is 10.3. The van der Waals surface area contributed by atoms with Gasteiger partial charge in [-0.1, -0.05) is 31.5 Å². The molecule has 0 aliphatic heterocycles. The predicted octanol–water partition coefficient (Wildman–Crippen LogP) is 2.00. The van der Waals surface area contributed by atoms with E-state index < -0.39 is 0 Å². The molecule has 20 heavy (non-hydrogen) atoms. The van der Waals surface area contributed by atoms with Crippen molar-refractivity contribution in [1.82, 2.24) is 5.32 Å². The molecule has 1 aromatic carbocycles. The molecule has 1 amide bonds. The number of para-hydroxylation sites is 1. The third-order valence-corrected chi connectivity index (χ3v) is 3.57. The molecule has 0 bridgehead atoms. The van der Waals surface area contributed by atoms with Crippen molar-refractivity contribution in [2.24, 2.45) is 11.7 Å². The Morgan fingerprint density at radius 1 is 1.35 bits per heavy atom. The molecule has 0 radical (unpaired) electrons. The largest absolute Gasteiger partial charge is 0.375 e. The van der Waals surface area contributed by atoms with E-state index >= 15 is 0 Å². The fourth-order valence-corrected chi connectivity index (χ4v) is 2.08. The van der Waals surface area contributed by atoms with Crippen LogP contribution in [0.25, 0.3) is 0 Å². The Hall–Kier alpha value is -1.55. The summed E-state index contributed by atoms with van der Waals surface area (Å²) >= 11 is 0. The van der Waals surface area contributed by atoms with Crippen molar-refractivity contribution in [2.45, 2.75) is 26.2 Å². The number of anilines is 1. The molecule has 1 unspecified atom stereocenters. The van der Waals surface area contributed by atoms with E-state index in [1.807, 2.05) is 18.2 Å². The molecule has 0 aromatic heterocycles. The summed E-state index contributed by atoms with van der Waals surface area (Å²) < 4.78 is 0. The summed E-state index contributed by atoms with van der Waals surface area (Å²) in [5.41, 5.74) is 6.81. The van der Waals surface area contributed by atoms with E-state index in [1.165, 1.54) is 5.69 Å². The monoisotopic (exact) mass is 277 g/mol. The van der Waals surface area contributed by atoms with Crippen molar-refractivity contribution >= 4 is 11.6 Å². The Morgan fingerprint density at radius 2 is 2.05 bits per heavy atom. The van der Waals surface area contributed by atoms with Gasteiger partial charge in [0.15, 0.2) is 0 Å². The van der Waals surface area contributed by atoms with Crippen LogP contribution in [0.1, 0.15) is 26.2 Å². The van der Waals surface area contributed by atoms with Crippen molar-refractivity contribution in [3.05, 3.63) is 30.3 Å². The Balaban J connectivity index is 2.17. The van der Waals surface area contributed by atoms with E-state index in [0.29, 0.717) is 18.9 Å². The van der Waals surface area contributed by atoms with Crippen LogP contribution in [0.15, 0.2) is 30.3 Å². The van der Waals surface area contributed by atoms with Crippen LogP contribution in [0, 0.1) is 5.92 Å². The van der Waals surface area contributed by atoms with Crippen molar-refractivity contribution in [2.75, 3.05) is 31.6 Å². The van der Waals surface area contributed by atoms with Gasteiger partial charge in [0.1, 0.15) is 0 Å². The summed E-state index contributed by atoms with van der Waals surface area (Å²) in [4.78, 5) is 13.9. The van der Waals surface area contributed by atoms with E-state index in [1.54, 1.807) is 0 Å². The van der Waals surface area contributed by atoms with Gasteiger partial charge in [-0.2, -0.15) is 0 Å². The van der Waals surface area contributed by atoms with Gasteiger partial charge in [0.25, 0.3) is 0 Å². The Morgan fingerprint density at radius 3 is 2.65 bits per heavy atom. The van der Waals surface area contributed by atoms with Gasteiger partial charge in [-0.15, -0.1) is 0 Å². The summed E-state index contributed by atoms with van der Waals surface area (Å²) in [7, 11) is 2.07. The molecular formula is C16H27N3O. The molecule has 0 spiro atoms. The molecule has 1 rings (SSSR count). The Kier molecular flexibility index (Phi) is 7.73. The Bertz CT molecular complexity index is 377. The van der Waals surface area contributed by atoms with E-state index in [0.717, 1.165) is 25.9 Å². The van der Waals surface area contributed by atoms with Gasteiger partial charge in [0.05, 0.1) is 0 Å². The molecule has 0 fully saturated rings. The van der Waals surface area contributed by atoms with Crippen LogP contribution in [0.5, 0.6) is 0 Å². The first kappa shape index (κ1) is 16.5. The third-order valence-electron chi connectivity index (χ3n) is 3.57. The highest BCUT2D eigenvalue weighted by Crippen LogP contribution is 2.10. The van der Waals surface area contributed by atoms with Gasteiger partial charge >= 0.3 is 0 Å². The molecule has 0 aliphatic rings. The smallest absolute Gasteiger partial charge is 0.220 e. The SMILES string of the molecule is CCC(CN)CC(=O)NCCCN(C)c1ccccc1. The number of nitrogens with zero attached hydrogens (tertiary/aromatic N) is 1. The lowest BCUT2D eigenvalue weighted by Gasteiger charge is -2.19. The topological polar surface area (TPSA) is 58.4 Å². The van der Waals surface area contributed by atoms with Crippen LogP contribution >= 0.6 is 0 Å². The molecule has 0 heterocycles. The van der Waals surface area contributed by atoms with Crippen LogP contribution in [-0.2, 0) is 4.79 Å². The molecule has 0 saturated heterocycles. The predicted molar refractivity (Wildman–Crippen MR) is 84.8 cm³/mol. The fourth-order valence-electron chi connectivity index (χ4n) is 2.08. The van der Waals surface area contributed by atoms with E-state index in [9.17, 15) is 4.79 Å². The number of hydrogen-bond acceptors (Lipinski definition) is 3. The standard InChI is InChI=1S/C16H27N3O/c1-3-14(13-17)12-16(20)18-10-7-11-19(2)15-8-5-4-6-9-15/h4-6,8-9,14H,3,7,10-13,17H2,1-2H3,(H,18,20). The second-order valence-corrected chi connectivity index (χ2v) is 5.17. The van der Waals surface area contributed by atoms with E-state index in [-0.39, 0.29) is 5.91 Å². The van der Waals surface area contributed by atoms with Gasteiger partial charge in [-0.3, -0.25) is 4.79 Å². The highest BCUT2D eigenvalue weighted by Gasteiger charge is 2.09. The van der Waals surface area contributed by atoms with Crippen molar-refractivity contribution in [3.63, 3.8) is 0 Å². The number of nitrogens with one attached hydrogen (secondary N) is 1. The lowest BCUT2D eigenvalue weighted by Crippen LogP contribution is -2.30. The van der Waals surface area contributed by atoms with E-state index in [2.05, 4.69) is 36.3 Å². The lowest BCUT2D eigenvalue weighted by molar-refractivity contribution is -0.121. The van der Waals surface area contributed by atoms with Gasteiger partial charge in [0.2, 0.25) is 5.91 Å².